The first kappa shape index (κ1) is 32.2. The quantitative estimate of drug-likeness (QED) is 0.155. The van der Waals surface area contributed by atoms with Crippen molar-refractivity contribution >= 4 is 21.4 Å². The van der Waals surface area contributed by atoms with Crippen molar-refractivity contribution in [3.8, 4) is 11.1 Å². The van der Waals surface area contributed by atoms with Crippen molar-refractivity contribution in [1.82, 2.24) is 5.16 Å². The van der Waals surface area contributed by atoms with E-state index in [-0.39, 0.29) is 10.8 Å². The molecule has 4 aromatic rings. The minimum Gasteiger partial charge on any atom is -0.411 e. The first-order valence-electron chi connectivity index (χ1n) is 13.1. The van der Waals surface area contributed by atoms with E-state index < -0.39 is 15.8 Å². The van der Waals surface area contributed by atoms with Crippen LogP contribution in [-0.2, 0) is 21.3 Å². The maximum absolute atomic E-state index is 11.1. The van der Waals surface area contributed by atoms with Crippen molar-refractivity contribution < 1.29 is 28.1 Å². The van der Waals surface area contributed by atoms with Gasteiger partial charge in [-0.15, -0.1) is 0 Å². The van der Waals surface area contributed by atoms with Crippen LogP contribution in [-0.4, -0.2) is 41.1 Å². The Labute approximate surface area is 246 Å². The Morgan fingerprint density at radius 3 is 2.00 bits per heavy atom. The highest BCUT2D eigenvalue weighted by Crippen LogP contribution is 2.35. The number of primary sulfonamides is 1. The van der Waals surface area contributed by atoms with Crippen molar-refractivity contribution in [1.29, 1.82) is 0 Å². The van der Waals surface area contributed by atoms with Gasteiger partial charge >= 0.3 is 0 Å². The number of sulfonamides is 1. The molecule has 4 N–H and O–H groups in total. The lowest BCUT2D eigenvalue weighted by atomic mass is 9.88. The standard InChI is InChI=1S/C11H12N2O3S.C11H13NO2.C9H11NO/c1-7-11(8(2)16-13-7)9-3-5-10(6-4-9)17(12,14)15;1-8-10(11(2,13)14-12-8)9-6-4-3-5-7-9;1-8(10-11)7-9-5-3-2-4-6-9/h3-6H,1-2H3,(H2,12,14,15);3-7,10,13H,1-2H3;2-6,11H,7H2,1H3/b;;10-8+. The molecular weight excluding hydrogens is 556 g/mol. The lowest BCUT2D eigenvalue weighted by molar-refractivity contribution is -0.179. The molecule has 0 spiro atoms. The Morgan fingerprint density at radius 1 is 0.976 bits per heavy atom. The van der Waals surface area contributed by atoms with E-state index in [0.29, 0.717) is 5.76 Å². The molecule has 2 heterocycles. The molecule has 0 aliphatic carbocycles. The molecule has 2 unspecified atom stereocenters. The van der Waals surface area contributed by atoms with Crippen LogP contribution < -0.4 is 5.14 Å². The lowest BCUT2D eigenvalue weighted by Crippen LogP contribution is -2.32. The highest BCUT2D eigenvalue weighted by molar-refractivity contribution is 7.89. The van der Waals surface area contributed by atoms with E-state index >= 15 is 0 Å². The number of oxime groups is 2. The van der Waals surface area contributed by atoms with Gasteiger partial charge in [0, 0.05) is 18.9 Å². The fraction of sp³-hybridized carbons (Fsp3) is 0.258. The van der Waals surface area contributed by atoms with Gasteiger partial charge in [-0.1, -0.05) is 88.3 Å². The summed E-state index contributed by atoms with van der Waals surface area (Å²) >= 11 is 0. The first-order chi connectivity index (χ1) is 19.8. The number of aryl methyl sites for hydroxylation is 2. The SMILES string of the molecule is C/C(Cc1ccccc1)=N\O.CC1=NOC(C)(O)C1c1ccccc1.Cc1noc(C)c1-c1ccc(S(N)(=O)=O)cc1. The molecule has 222 valence electrons. The van der Waals surface area contributed by atoms with Gasteiger partial charge in [0.05, 0.1) is 27.9 Å². The Morgan fingerprint density at radius 2 is 1.55 bits per heavy atom. The second kappa shape index (κ2) is 14.0. The summed E-state index contributed by atoms with van der Waals surface area (Å²) in [5.74, 6) is -0.680. The molecule has 1 aliphatic heterocycles. The Hall–Kier alpha value is -4.32. The highest BCUT2D eigenvalue weighted by atomic mass is 32.2. The van der Waals surface area contributed by atoms with Crippen LogP contribution in [0.15, 0.2) is 105 Å². The third kappa shape index (κ3) is 8.59. The molecule has 3 aromatic carbocycles. The highest BCUT2D eigenvalue weighted by Gasteiger charge is 2.42. The number of nitrogens with two attached hydrogens (primary N) is 1. The summed E-state index contributed by atoms with van der Waals surface area (Å²) in [6, 6.07) is 26.0. The molecule has 0 amide bonds. The van der Waals surface area contributed by atoms with E-state index in [1.165, 1.54) is 17.7 Å². The largest absolute Gasteiger partial charge is 0.411 e. The van der Waals surface area contributed by atoms with E-state index in [0.717, 1.165) is 40.2 Å². The molecule has 2 atom stereocenters. The van der Waals surface area contributed by atoms with Crippen LogP contribution in [0.5, 0.6) is 0 Å². The average molecular weight is 593 g/mol. The van der Waals surface area contributed by atoms with Crippen molar-refractivity contribution in [3.05, 3.63) is 108 Å². The van der Waals surface area contributed by atoms with E-state index in [4.69, 9.17) is 19.7 Å². The molecule has 0 saturated carbocycles. The van der Waals surface area contributed by atoms with Crippen LogP contribution in [0.2, 0.25) is 0 Å². The van der Waals surface area contributed by atoms with Crippen LogP contribution >= 0.6 is 0 Å². The van der Waals surface area contributed by atoms with Crippen molar-refractivity contribution in [3.63, 3.8) is 0 Å². The predicted octanol–water partition coefficient (Wildman–Crippen LogP) is 5.57. The zero-order chi connectivity index (χ0) is 30.9. The molecule has 11 heteroatoms. The molecule has 0 fully saturated rings. The minimum atomic E-state index is -3.65. The van der Waals surface area contributed by atoms with Gasteiger partial charge in [-0.3, -0.25) is 0 Å². The minimum absolute atomic E-state index is 0.0908. The maximum atomic E-state index is 11.1. The molecule has 1 aromatic heterocycles. The summed E-state index contributed by atoms with van der Waals surface area (Å²) in [6.07, 6.45) is 0.720. The second-order valence-electron chi connectivity index (χ2n) is 9.99. The van der Waals surface area contributed by atoms with E-state index in [1.807, 2.05) is 81.4 Å². The summed E-state index contributed by atoms with van der Waals surface area (Å²) in [6.45, 7) is 8.93. The molecular formula is C31H36N4O6S. The van der Waals surface area contributed by atoms with Gasteiger partial charge in [-0.05, 0) is 56.5 Å². The fourth-order valence-electron chi connectivity index (χ4n) is 4.49. The van der Waals surface area contributed by atoms with E-state index in [9.17, 15) is 13.5 Å². The van der Waals surface area contributed by atoms with Crippen LogP contribution in [0.1, 0.15) is 49.3 Å². The van der Waals surface area contributed by atoms with Gasteiger partial charge in [0.25, 0.3) is 0 Å². The molecule has 0 saturated heterocycles. The topological polar surface area (TPSA) is 161 Å². The lowest BCUT2D eigenvalue weighted by Gasteiger charge is -2.23. The normalized spacial score (nSPS) is 18.1. The summed E-state index contributed by atoms with van der Waals surface area (Å²) < 4.78 is 27.3. The van der Waals surface area contributed by atoms with E-state index in [2.05, 4.69) is 15.5 Å². The number of aromatic nitrogens is 1. The first-order valence-corrected chi connectivity index (χ1v) is 14.7. The fourth-order valence-corrected chi connectivity index (χ4v) is 5.00. The number of hydrogen-bond acceptors (Lipinski definition) is 9. The summed E-state index contributed by atoms with van der Waals surface area (Å²) in [5, 5.41) is 34.1. The number of hydrogen-bond donors (Lipinski definition) is 3. The third-order valence-electron chi connectivity index (χ3n) is 6.44. The molecule has 42 heavy (non-hydrogen) atoms. The molecule has 0 radical (unpaired) electrons. The molecule has 1 aliphatic rings. The van der Waals surface area contributed by atoms with Crippen molar-refractivity contribution in [2.75, 3.05) is 0 Å². The van der Waals surface area contributed by atoms with Crippen LogP contribution in [0.4, 0.5) is 0 Å². The monoisotopic (exact) mass is 592 g/mol. The van der Waals surface area contributed by atoms with Gasteiger partial charge < -0.3 is 19.7 Å². The van der Waals surface area contributed by atoms with Gasteiger partial charge in [0.2, 0.25) is 15.8 Å². The van der Waals surface area contributed by atoms with E-state index in [1.54, 1.807) is 26.0 Å². The van der Waals surface area contributed by atoms with Crippen molar-refractivity contribution in [2.45, 2.75) is 57.6 Å². The van der Waals surface area contributed by atoms with Gasteiger partial charge in [0.1, 0.15) is 5.76 Å². The Balaban J connectivity index is 0.000000177. The number of benzene rings is 3. The van der Waals surface area contributed by atoms with Crippen LogP contribution in [0.25, 0.3) is 11.1 Å². The van der Waals surface area contributed by atoms with Crippen LogP contribution in [0, 0.1) is 13.8 Å². The zero-order valence-corrected chi connectivity index (χ0v) is 25.0. The maximum Gasteiger partial charge on any atom is 0.243 e. The summed E-state index contributed by atoms with van der Waals surface area (Å²) in [4.78, 5) is 5.05. The summed E-state index contributed by atoms with van der Waals surface area (Å²) in [5.41, 5.74) is 6.24. The third-order valence-corrected chi connectivity index (χ3v) is 7.37. The Bertz CT molecular complexity index is 1600. The zero-order valence-electron chi connectivity index (χ0n) is 24.2. The van der Waals surface area contributed by atoms with Crippen LogP contribution in [0.3, 0.4) is 0 Å². The Kier molecular flexibility index (Phi) is 10.8. The number of aliphatic hydroxyl groups is 1. The van der Waals surface area contributed by atoms with Gasteiger partial charge in [-0.25, -0.2) is 13.6 Å². The number of rotatable bonds is 5. The molecule has 5 rings (SSSR count). The smallest absolute Gasteiger partial charge is 0.243 e. The van der Waals surface area contributed by atoms with Gasteiger partial charge in [0.15, 0.2) is 0 Å². The summed E-state index contributed by atoms with van der Waals surface area (Å²) in [7, 11) is -3.65. The van der Waals surface area contributed by atoms with Gasteiger partial charge in [-0.2, -0.15) is 0 Å². The van der Waals surface area contributed by atoms with Crippen molar-refractivity contribution in [2.24, 2.45) is 15.5 Å². The second-order valence-corrected chi connectivity index (χ2v) is 11.5. The molecule has 10 nitrogen and oxygen atoms in total. The molecule has 0 bridgehead atoms. The predicted molar refractivity (Wildman–Crippen MR) is 162 cm³/mol. The average Bonchev–Trinajstić information content (AvgIpc) is 3.45. The number of nitrogens with zero attached hydrogens (tertiary/aromatic N) is 3.